The third-order valence-corrected chi connectivity index (χ3v) is 4.04. The monoisotopic (exact) mass is 362 g/mol. The molecule has 0 aliphatic heterocycles. The van der Waals surface area contributed by atoms with Gasteiger partial charge in [-0.15, -0.1) is 0 Å². The number of hydrogen-bond donors (Lipinski definition) is 2. The summed E-state index contributed by atoms with van der Waals surface area (Å²) in [5.74, 6) is -0.653. The Hall–Kier alpha value is -2.57. The average molecular weight is 362 g/mol. The highest BCUT2D eigenvalue weighted by Crippen LogP contribution is 2.17. The van der Waals surface area contributed by atoms with E-state index in [2.05, 4.69) is 10.6 Å². The first-order valence-corrected chi connectivity index (χ1v) is 8.94. The van der Waals surface area contributed by atoms with Crippen molar-refractivity contribution in [3.63, 3.8) is 0 Å². The van der Waals surface area contributed by atoms with Gasteiger partial charge in [-0.1, -0.05) is 12.8 Å². The molecule has 2 rings (SSSR count). The normalized spacial score (nSPS) is 15.4. The zero-order valence-electron chi connectivity index (χ0n) is 15.4. The highest BCUT2D eigenvalue weighted by Gasteiger charge is 2.23. The first-order valence-electron chi connectivity index (χ1n) is 8.94. The van der Waals surface area contributed by atoms with Gasteiger partial charge in [0.1, 0.15) is 5.75 Å². The molecule has 0 radical (unpaired) electrons. The van der Waals surface area contributed by atoms with E-state index in [1.807, 2.05) is 13.8 Å². The zero-order chi connectivity index (χ0) is 19.1. The standard InChI is InChI=1S/C19H26N2O5/c1-12(2)25-16-10-8-14(9-11-16)18(23)26-13(3)17(22)21-19(24)20-15-6-4-5-7-15/h8-13,15H,4-7H2,1-3H3,(H2,20,21,22,24)/t13-/m1/s1. The quantitative estimate of drug-likeness (QED) is 0.759. The van der Waals surface area contributed by atoms with Crippen LogP contribution >= 0.6 is 0 Å². The summed E-state index contributed by atoms with van der Waals surface area (Å²) in [5.41, 5.74) is 0.302. The van der Waals surface area contributed by atoms with Gasteiger partial charge in [-0.05, 0) is 57.9 Å². The second kappa shape index (κ2) is 9.22. The lowest BCUT2D eigenvalue weighted by Crippen LogP contribution is -2.47. The molecular weight excluding hydrogens is 336 g/mol. The van der Waals surface area contributed by atoms with Crippen LogP contribution in [0.15, 0.2) is 24.3 Å². The maximum absolute atomic E-state index is 12.1. The van der Waals surface area contributed by atoms with Gasteiger partial charge in [-0.2, -0.15) is 0 Å². The van der Waals surface area contributed by atoms with Crippen molar-refractivity contribution >= 4 is 17.9 Å². The largest absolute Gasteiger partial charge is 0.491 e. The summed E-state index contributed by atoms with van der Waals surface area (Å²) in [6, 6.07) is 6.01. The number of amides is 3. The maximum Gasteiger partial charge on any atom is 0.338 e. The number of urea groups is 1. The molecule has 1 aromatic carbocycles. The summed E-state index contributed by atoms with van der Waals surface area (Å²) in [5, 5.41) is 4.95. The van der Waals surface area contributed by atoms with E-state index in [4.69, 9.17) is 9.47 Å². The van der Waals surface area contributed by atoms with Gasteiger partial charge in [0, 0.05) is 6.04 Å². The Morgan fingerprint density at radius 3 is 2.23 bits per heavy atom. The highest BCUT2D eigenvalue weighted by atomic mass is 16.5. The number of hydrogen-bond acceptors (Lipinski definition) is 5. The van der Waals surface area contributed by atoms with Crippen LogP contribution in [0.4, 0.5) is 4.79 Å². The maximum atomic E-state index is 12.1. The summed E-state index contributed by atoms with van der Waals surface area (Å²) in [4.78, 5) is 35.9. The summed E-state index contributed by atoms with van der Waals surface area (Å²) in [6.07, 6.45) is 2.95. The molecule has 26 heavy (non-hydrogen) atoms. The predicted octanol–water partition coefficient (Wildman–Crippen LogP) is 2.79. The fraction of sp³-hybridized carbons (Fsp3) is 0.526. The highest BCUT2D eigenvalue weighted by molar-refractivity contribution is 5.98. The Balaban J connectivity index is 1.81. The molecule has 7 heteroatoms. The summed E-state index contributed by atoms with van der Waals surface area (Å²) in [6.45, 7) is 5.24. The van der Waals surface area contributed by atoms with Crippen LogP contribution in [0.1, 0.15) is 56.8 Å². The van der Waals surface area contributed by atoms with Crippen LogP contribution < -0.4 is 15.4 Å². The summed E-state index contributed by atoms with van der Waals surface area (Å²) < 4.78 is 10.6. The molecule has 1 atom stereocenters. The number of esters is 1. The fourth-order valence-electron chi connectivity index (χ4n) is 2.73. The lowest BCUT2D eigenvalue weighted by molar-refractivity contribution is -0.127. The van der Waals surface area contributed by atoms with Crippen LogP contribution in [0.5, 0.6) is 5.75 Å². The van der Waals surface area contributed by atoms with Crippen molar-refractivity contribution in [1.29, 1.82) is 0 Å². The van der Waals surface area contributed by atoms with Gasteiger partial charge in [0.15, 0.2) is 6.10 Å². The summed E-state index contributed by atoms with van der Waals surface area (Å²) >= 11 is 0. The van der Waals surface area contributed by atoms with Gasteiger partial charge in [-0.3, -0.25) is 10.1 Å². The molecule has 7 nitrogen and oxygen atoms in total. The molecule has 0 bridgehead atoms. The minimum absolute atomic E-state index is 0.0342. The Labute approximate surface area is 153 Å². The molecule has 1 aromatic rings. The van der Waals surface area contributed by atoms with Crippen LogP contribution in [-0.4, -0.2) is 36.2 Å². The van der Waals surface area contributed by atoms with Gasteiger partial charge >= 0.3 is 12.0 Å². The van der Waals surface area contributed by atoms with Crippen LogP contribution in [0.2, 0.25) is 0 Å². The van der Waals surface area contributed by atoms with Gasteiger partial charge in [0.2, 0.25) is 0 Å². The zero-order valence-corrected chi connectivity index (χ0v) is 15.4. The van der Waals surface area contributed by atoms with Crippen molar-refractivity contribution in [2.75, 3.05) is 0 Å². The minimum Gasteiger partial charge on any atom is -0.491 e. The van der Waals surface area contributed by atoms with E-state index >= 15 is 0 Å². The molecule has 1 aliphatic rings. The molecule has 142 valence electrons. The van der Waals surface area contributed by atoms with E-state index in [9.17, 15) is 14.4 Å². The molecule has 0 aromatic heterocycles. The van der Waals surface area contributed by atoms with Crippen molar-refractivity contribution in [3.8, 4) is 5.75 Å². The molecule has 2 N–H and O–H groups in total. The Bertz CT molecular complexity index is 636. The van der Waals surface area contributed by atoms with Gasteiger partial charge in [0.25, 0.3) is 5.91 Å². The number of imide groups is 1. The van der Waals surface area contributed by atoms with Crippen molar-refractivity contribution < 1.29 is 23.9 Å². The first kappa shape index (κ1) is 19.8. The predicted molar refractivity (Wildman–Crippen MR) is 96.0 cm³/mol. The third kappa shape index (κ3) is 6.06. The minimum atomic E-state index is -1.08. The van der Waals surface area contributed by atoms with E-state index in [1.165, 1.54) is 6.92 Å². The number of ether oxygens (including phenoxy) is 2. The van der Waals surface area contributed by atoms with E-state index in [0.717, 1.165) is 25.7 Å². The van der Waals surface area contributed by atoms with E-state index in [-0.39, 0.29) is 12.1 Å². The fourth-order valence-corrected chi connectivity index (χ4v) is 2.73. The van der Waals surface area contributed by atoms with Crippen molar-refractivity contribution in [1.82, 2.24) is 10.6 Å². The van der Waals surface area contributed by atoms with Crippen molar-refractivity contribution in [3.05, 3.63) is 29.8 Å². The van der Waals surface area contributed by atoms with E-state index < -0.39 is 24.0 Å². The lowest BCUT2D eigenvalue weighted by Gasteiger charge is -2.16. The Morgan fingerprint density at radius 1 is 1.04 bits per heavy atom. The van der Waals surface area contributed by atoms with E-state index in [1.54, 1.807) is 24.3 Å². The number of carbonyl (C=O) groups excluding carboxylic acids is 3. The Morgan fingerprint density at radius 2 is 1.65 bits per heavy atom. The lowest BCUT2D eigenvalue weighted by atomic mass is 10.2. The first-order chi connectivity index (χ1) is 12.3. The Kier molecular flexibility index (Phi) is 7.00. The van der Waals surface area contributed by atoms with E-state index in [0.29, 0.717) is 11.3 Å². The van der Waals surface area contributed by atoms with Crippen LogP contribution in [0, 0.1) is 0 Å². The second-order valence-electron chi connectivity index (χ2n) is 6.68. The van der Waals surface area contributed by atoms with Crippen molar-refractivity contribution in [2.45, 2.75) is 64.7 Å². The molecule has 0 saturated heterocycles. The molecule has 3 amide bonds. The van der Waals surface area contributed by atoms with Crippen LogP contribution in [0.3, 0.4) is 0 Å². The van der Waals surface area contributed by atoms with Crippen molar-refractivity contribution in [2.24, 2.45) is 0 Å². The van der Waals surface area contributed by atoms with Gasteiger partial charge < -0.3 is 14.8 Å². The molecule has 0 unspecified atom stereocenters. The SMILES string of the molecule is CC(C)Oc1ccc(C(=O)O[C@H](C)C(=O)NC(=O)NC2CCCC2)cc1. The molecular formula is C19H26N2O5. The molecule has 0 heterocycles. The van der Waals surface area contributed by atoms with Crippen LogP contribution in [-0.2, 0) is 9.53 Å². The molecule has 0 spiro atoms. The molecule has 1 saturated carbocycles. The second-order valence-corrected chi connectivity index (χ2v) is 6.68. The number of benzene rings is 1. The molecule has 1 aliphatic carbocycles. The van der Waals surface area contributed by atoms with Gasteiger partial charge in [0.05, 0.1) is 11.7 Å². The molecule has 1 fully saturated rings. The topological polar surface area (TPSA) is 93.7 Å². The summed E-state index contributed by atoms with van der Waals surface area (Å²) in [7, 11) is 0. The third-order valence-electron chi connectivity index (χ3n) is 4.04. The van der Waals surface area contributed by atoms with Crippen LogP contribution in [0.25, 0.3) is 0 Å². The number of nitrogens with one attached hydrogen (secondary N) is 2. The average Bonchev–Trinajstić information content (AvgIpc) is 3.07. The number of carbonyl (C=O) groups is 3. The smallest absolute Gasteiger partial charge is 0.338 e. The van der Waals surface area contributed by atoms with Gasteiger partial charge in [-0.25, -0.2) is 9.59 Å². The number of rotatable bonds is 6.